The minimum atomic E-state index is 0. The number of aliphatic imine (C=N–C) groups is 1. The summed E-state index contributed by atoms with van der Waals surface area (Å²) in [5.41, 5.74) is 0.863. The van der Waals surface area contributed by atoms with E-state index in [0.717, 1.165) is 11.7 Å². The molecule has 1 heterocycles. The zero-order chi connectivity index (χ0) is 11.8. The van der Waals surface area contributed by atoms with E-state index < -0.39 is 0 Å². The van der Waals surface area contributed by atoms with Crippen LogP contribution in [0.2, 0.25) is 0 Å². The highest BCUT2D eigenvalue weighted by Gasteiger charge is 2.07. The second kappa shape index (κ2) is 8.87. The molecule has 1 aromatic rings. The van der Waals surface area contributed by atoms with Gasteiger partial charge in [-0.25, -0.2) is 0 Å². The summed E-state index contributed by atoms with van der Waals surface area (Å²) in [6.07, 6.45) is 7.41. The molecule has 0 atom stereocenters. The van der Waals surface area contributed by atoms with Crippen molar-refractivity contribution in [3.63, 3.8) is 0 Å². The van der Waals surface area contributed by atoms with Crippen LogP contribution in [0.25, 0.3) is 0 Å². The Bertz CT molecular complexity index is 369. The van der Waals surface area contributed by atoms with E-state index >= 15 is 0 Å². The molecule has 0 aliphatic carbocycles. The lowest BCUT2D eigenvalue weighted by Gasteiger charge is -2.20. The first-order valence-electron chi connectivity index (χ1n) is 5.02. The second-order valence-corrected chi connectivity index (χ2v) is 3.27. The van der Waals surface area contributed by atoms with Gasteiger partial charge in [0, 0.05) is 33.1 Å². The molecule has 0 amide bonds. The molecule has 0 radical (unpaired) electrons. The number of hydrogen-bond acceptors (Lipinski definition) is 3. The van der Waals surface area contributed by atoms with Crippen molar-refractivity contribution in [1.82, 2.24) is 15.4 Å². The van der Waals surface area contributed by atoms with Gasteiger partial charge < -0.3 is 14.7 Å². The first-order chi connectivity index (χ1) is 7.77. The number of nitrogens with zero attached hydrogens (tertiary/aromatic N) is 3. The number of guanidine groups is 1. The van der Waals surface area contributed by atoms with Crippen LogP contribution in [-0.2, 0) is 6.54 Å². The van der Waals surface area contributed by atoms with Crippen molar-refractivity contribution in [3.8, 4) is 12.3 Å². The van der Waals surface area contributed by atoms with E-state index in [1.165, 1.54) is 0 Å². The minimum absolute atomic E-state index is 0. The first-order valence-corrected chi connectivity index (χ1v) is 5.02. The second-order valence-electron chi connectivity index (χ2n) is 3.27. The van der Waals surface area contributed by atoms with E-state index in [-0.39, 0.29) is 24.0 Å². The standard InChI is InChI=1S/C11H16N4O.HI/c1-4-5-7-13-11(12-2)15(3)9-10-6-8-16-14-10;/h1,6,8H,5,7,9H2,2-3H3,(H,12,13);1H. The zero-order valence-corrected chi connectivity index (χ0v) is 12.3. The number of halogens is 1. The van der Waals surface area contributed by atoms with Crippen LogP contribution < -0.4 is 5.32 Å². The van der Waals surface area contributed by atoms with E-state index in [0.29, 0.717) is 19.5 Å². The van der Waals surface area contributed by atoms with Crippen LogP contribution in [0.1, 0.15) is 12.1 Å². The van der Waals surface area contributed by atoms with Crippen LogP contribution in [0.3, 0.4) is 0 Å². The fraction of sp³-hybridized carbons (Fsp3) is 0.455. The van der Waals surface area contributed by atoms with Crippen molar-refractivity contribution in [2.24, 2.45) is 4.99 Å². The molecule has 0 spiro atoms. The summed E-state index contributed by atoms with van der Waals surface area (Å²) in [6, 6.07) is 1.82. The molecular weight excluding hydrogens is 331 g/mol. The molecule has 0 aliphatic rings. The molecule has 17 heavy (non-hydrogen) atoms. The van der Waals surface area contributed by atoms with Crippen LogP contribution in [-0.4, -0.2) is 36.7 Å². The average molecular weight is 348 g/mol. The van der Waals surface area contributed by atoms with E-state index in [1.807, 2.05) is 18.0 Å². The Morgan fingerprint density at radius 3 is 3.00 bits per heavy atom. The fourth-order valence-corrected chi connectivity index (χ4v) is 1.27. The molecule has 94 valence electrons. The molecule has 0 aromatic carbocycles. The summed E-state index contributed by atoms with van der Waals surface area (Å²) in [5.74, 6) is 3.36. The van der Waals surface area contributed by atoms with E-state index in [2.05, 4.69) is 21.4 Å². The lowest BCUT2D eigenvalue weighted by Crippen LogP contribution is -2.38. The van der Waals surface area contributed by atoms with Crippen LogP contribution in [0.15, 0.2) is 21.8 Å². The molecule has 0 bridgehead atoms. The number of aromatic nitrogens is 1. The number of hydrogen-bond donors (Lipinski definition) is 1. The van der Waals surface area contributed by atoms with Gasteiger partial charge in [-0.05, 0) is 0 Å². The topological polar surface area (TPSA) is 53.7 Å². The summed E-state index contributed by atoms with van der Waals surface area (Å²) in [7, 11) is 3.66. The highest BCUT2D eigenvalue weighted by atomic mass is 127. The first kappa shape index (κ1) is 15.8. The average Bonchev–Trinajstić information content (AvgIpc) is 2.77. The zero-order valence-electron chi connectivity index (χ0n) is 10.0. The van der Waals surface area contributed by atoms with Crippen molar-refractivity contribution in [2.45, 2.75) is 13.0 Å². The van der Waals surface area contributed by atoms with E-state index in [9.17, 15) is 0 Å². The summed E-state index contributed by atoms with van der Waals surface area (Å²) >= 11 is 0. The molecule has 0 unspecified atom stereocenters. The third kappa shape index (κ3) is 5.58. The molecule has 5 nitrogen and oxygen atoms in total. The van der Waals surface area contributed by atoms with Crippen molar-refractivity contribution >= 4 is 29.9 Å². The highest BCUT2D eigenvalue weighted by molar-refractivity contribution is 14.0. The van der Waals surface area contributed by atoms with Gasteiger partial charge in [0.1, 0.15) is 12.0 Å². The Labute approximate surface area is 119 Å². The SMILES string of the molecule is C#CCCNC(=NC)N(C)Cc1ccon1.I. The Hall–Kier alpha value is -1.23. The normalized spacial score (nSPS) is 10.3. The highest BCUT2D eigenvalue weighted by Crippen LogP contribution is 1.99. The molecule has 0 aliphatic heterocycles. The van der Waals surface area contributed by atoms with Crippen molar-refractivity contribution < 1.29 is 4.52 Å². The van der Waals surface area contributed by atoms with Gasteiger partial charge in [0.2, 0.25) is 0 Å². The van der Waals surface area contributed by atoms with Crippen LogP contribution >= 0.6 is 24.0 Å². The smallest absolute Gasteiger partial charge is 0.193 e. The van der Waals surface area contributed by atoms with Gasteiger partial charge in [0.25, 0.3) is 0 Å². The van der Waals surface area contributed by atoms with Crippen molar-refractivity contribution in [2.75, 3.05) is 20.6 Å². The lowest BCUT2D eigenvalue weighted by atomic mass is 10.4. The maximum absolute atomic E-state index is 5.18. The largest absolute Gasteiger partial charge is 0.364 e. The maximum atomic E-state index is 5.18. The minimum Gasteiger partial charge on any atom is -0.364 e. The Balaban J connectivity index is 0.00000256. The van der Waals surface area contributed by atoms with Gasteiger partial charge in [0.05, 0.1) is 6.54 Å². The quantitative estimate of drug-likeness (QED) is 0.293. The predicted molar refractivity (Wildman–Crippen MR) is 78.2 cm³/mol. The summed E-state index contributed by atoms with van der Waals surface area (Å²) in [4.78, 5) is 6.10. The van der Waals surface area contributed by atoms with E-state index in [1.54, 1.807) is 13.3 Å². The van der Waals surface area contributed by atoms with Gasteiger partial charge in [-0.3, -0.25) is 4.99 Å². The van der Waals surface area contributed by atoms with E-state index in [4.69, 9.17) is 10.9 Å². The number of nitrogens with one attached hydrogen (secondary N) is 1. The molecule has 0 saturated heterocycles. The van der Waals surface area contributed by atoms with Gasteiger partial charge in [-0.1, -0.05) is 5.16 Å². The van der Waals surface area contributed by atoms with Gasteiger partial charge in [0.15, 0.2) is 5.96 Å². The van der Waals surface area contributed by atoms with Crippen molar-refractivity contribution in [1.29, 1.82) is 0 Å². The molecule has 1 N–H and O–H groups in total. The maximum Gasteiger partial charge on any atom is 0.193 e. The number of rotatable bonds is 4. The molecule has 6 heteroatoms. The van der Waals surface area contributed by atoms with Gasteiger partial charge in [-0.15, -0.1) is 36.3 Å². The summed E-state index contributed by atoms with van der Waals surface area (Å²) < 4.78 is 4.76. The van der Waals surface area contributed by atoms with Gasteiger partial charge >= 0.3 is 0 Å². The lowest BCUT2D eigenvalue weighted by molar-refractivity contribution is 0.391. The monoisotopic (exact) mass is 348 g/mol. The van der Waals surface area contributed by atoms with Crippen LogP contribution in [0, 0.1) is 12.3 Å². The fourth-order valence-electron chi connectivity index (χ4n) is 1.27. The molecule has 1 rings (SSSR count). The molecule has 0 saturated carbocycles. The Kier molecular flexibility index (Phi) is 8.23. The Morgan fingerprint density at radius 2 is 2.47 bits per heavy atom. The molecule has 1 aromatic heterocycles. The molecule has 0 fully saturated rings. The number of terminal acetylenes is 1. The Morgan fingerprint density at radius 1 is 1.71 bits per heavy atom. The summed E-state index contributed by atoms with van der Waals surface area (Å²) in [5, 5.41) is 7.00. The summed E-state index contributed by atoms with van der Waals surface area (Å²) in [6.45, 7) is 1.36. The van der Waals surface area contributed by atoms with Gasteiger partial charge in [-0.2, -0.15) is 0 Å². The predicted octanol–water partition coefficient (Wildman–Crippen LogP) is 1.32. The third-order valence-electron chi connectivity index (χ3n) is 2.02. The molecular formula is C11H17IN4O. The van der Waals surface area contributed by atoms with Crippen LogP contribution in [0.4, 0.5) is 0 Å². The third-order valence-corrected chi connectivity index (χ3v) is 2.02. The van der Waals surface area contributed by atoms with Crippen molar-refractivity contribution in [3.05, 3.63) is 18.0 Å². The van der Waals surface area contributed by atoms with Crippen LogP contribution in [0.5, 0.6) is 0 Å².